The van der Waals surface area contributed by atoms with Crippen molar-refractivity contribution in [2.24, 2.45) is 0 Å². The summed E-state index contributed by atoms with van der Waals surface area (Å²) in [7, 11) is -3.41. The first-order chi connectivity index (χ1) is 6.18. The Morgan fingerprint density at radius 1 is 1.43 bits per heavy atom. The van der Waals surface area contributed by atoms with E-state index in [9.17, 15) is 13.2 Å². The highest BCUT2D eigenvalue weighted by atomic mass is 32.2. The van der Waals surface area contributed by atoms with Gasteiger partial charge in [0.1, 0.15) is 0 Å². The van der Waals surface area contributed by atoms with Crippen LogP contribution in [0.4, 0.5) is 4.79 Å². The molecular formula is C7H15NO5S. The van der Waals surface area contributed by atoms with Crippen LogP contribution in [0.15, 0.2) is 0 Å². The van der Waals surface area contributed by atoms with Crippen molar-refractivity contribution in [2.45, 2.75) is 19.4 Å². The Morgan fingerprint density at radius 2 is 1.93 bits per heavy atom. The Morgan fingerprint density at radius 3 is 2.29 bits per heavy atom. The number of carboxylic acid groups (broad SMARTS) is 1. The molecule has 6 nitrogen and oxygen atoms in total. The SMILES string of the molecule is CC(C)(CS(=O)(=O)CCO)NC(=O)O. The quantitative estimate of drug-likeness (QED) is 0.582. The maximum atomic E-state index is 11.2. The van der Waals surface area contributed by atoms with Crippen LogP contribution in [0.5, 0.6) is 0 Å². The first kappa shape index (κ1) is 13.2. The van der Waals surface area contributed by atoms with Crippen LogP contribution in [0.3, 0.4) is 0 Å². The van der Waals surface area contributed by atoms with E-state index >= 15 is 0 Å². The molecule has 0 spiro atoms. The van der Waals surface area contributed by atoms with Gasteiger partial charge in [-0.15, -0.1) is 0 Å². The maximum Gasteiger partial charge on any atom is 0.405 e. The highest BCUT2D eigenvalue weighted by Crippen LogP contribution is 2.07. The summed E-state index contributed by atoms with van der Waals surface area (Å²) in [6, 6.07) is 0. The normalized spacial score (nSPS) is 12.5. The third-order valence-corrected chi connectivity index (χ3v) is 3.39. The molecule has 0 saturated carbocycles. The van der Waals surface area contributed by atoms with Crippen molar-refractivity contribution in [3.8, 4) is 0 Å². The van der Waals surface area contributed by atoms with Crippen LogP contribution in [-0.4, -0.2) is 48.4 Å². The summed E-state index contributed by atoms with van der Waals surface area (Å²) in [5.74, 6) is -0.676. The van der Waals surface area contributed by atoms with Crippen molar-refractivity contribution in [3.05, 3.63) is 0 Å². The molecule has 0 bridgehead atoms. The number of hydrogen-bond acceptors (Lipinski definition) is 4. The van der Waals surface area contributed by atoms with Gasteiger partial charge in [-0.25, -0.2) is 13.2 Å². The lowest BCUT2D eigenvalue weighted by molar-refractivity contribution is 0.185. The first-order valence-corrected chi connectivity index (χ1v) is 5.83. The fraction of sp³-hybridized carbons (Fsp3) is 0.857. The maximum absolute atomic E-state index is 11.2. The van der Waals surface area contributed by atoms with Gasteiger partial charge in [-0.3, -0.25) is 0 Å². The van der Waals surface area contributed by atoms with Gasteiger partial charge in [0.25, 0.3) is 0 Å². The minimum absolute atomic E-state index is 0.327. The van der Waals surface area contributed by atoms with Gasteiger partial charge in [-0.1, -0.05) is 0 Å². The second kappa shape index (κ2) is 4.61. The molecule has 1 amide bonds. The fourth-order valence-electron chi connectivity index (χ4n) is 1.09. The molecule has 14 heavy (non-hydrogen) atoms. The summed E-state index contributed by atoms with van der Waals surface area (Å²) in [4.78, 5) is 10.3. The van der Waals surface area contributed by atoms with Crippen molar-refractivity contribution >= 4 is 15.9 Å². The van der Waals surface area contributed by atoms with Crippen LogP contribution < -0.4 is 5.32 Å². The molecule has 3 N–H and O–H groups in total. The monoisotopic (exact) mass is 225 g/mol. The third-order valence-electron chi connectivity index (χ3n) is 1.43. The van der Waals surface area contributed by atoms with E-state index in [1.807, 2.05) is 0 Å². The molecule has 84 valence electrons. The van der Waals surface area contributed by atoms with Crippen LogP contribution in [0.25, 0.3) is 0 Å². The summed E-state index contributed by atoms with van der Waals surface area (Å²) in [6.45, 7) is 2.48. The molecule has 7 heteroatoms. The number of nitrogens with one attached hydrogen (secondary N) is 1. The molecule has 0 aliphatic carbocycles. The number of rotatable bonds is 5. The standard InChI is InChI=1S/C7H15NO5S/c1-7(2,8-6(10)11)5-14(12,13)4-3-9/h8-9H,3-5H2,1-2H3,(H,10,11). The zero-order valence-corrected chi connectivity index (χ0v) is 8.97. The van der Waals surface area contributed by atoms with Gasteiger partial charge < -0.3 is 15.5 Å². The van der Waals surface area contributed by atoms with E-state index < -0.39 is 28.1 Å². The smallest absolute Gasteiger partial charge is 0.405 e. The van der Waals surface area contributed by atoms with E-state index in [0.29, 0.717) is 0 Å². The molecule has 0 aliphatic heterocycles. The molecule has 0 aliphatic rings. The van der Waals surface area contributed by atoms with Crippen molar-refractivity contribution < 1.29 is 23.4 Å². The molecule has 0 heterocycles. The van der Waals surface area contributed by atoms with Crippen LogP contribution in [0.2, 0.25) is 0 Å². The minimum atomic E-state index is -3.41. The van der Waals surface area contributed by atoms with Crippen LogP contribution in [0.1, 0.15) is 13.8 Å². The summed E-state index contributed by atoms with van der Waals surface area (Å²) in [5, 5.41) is 19.0. The van der Waals surface area contributed by atoms with E-state index in [0.717, 1.165) is 0 Å². The van der Waals surface area contributed by atoms with Crippen molar-refractivity contribution in [3.63, 3.8) is 0 Å². The third kappa shape index (κ3) is 5.76. The summed E-state index contributed by atoms with van der Waals surface area (Å²) < 4.78 is 22.5. The van der Waals surface area contributed by atoms with E-state index in [4.69, 9.17) is 10.2 Å². The zero-order chi connectivity index (χ0) is 11.4. The zero-order valence-electron chi connectivity index (χ0n) is 8.15. The molecular weight excluding hydrogens is 210 g/mol. The second-order valence-corrected chi connectivity index (χ2v) is 5.81. The Labute approximate surface area is 82.9 Å². The first-order valence-electron chi connectivity index (χ1n) is 4.01. The molecule has 0 radical (unpaired) electrons. The second-order valence-electron chi connectivity index (χ2n) is 3.63. The largest absolute Gasteiger partial charge is 0.465 e. The van der Waals surface area contributed by atoms with Gasteiger partial charge in [-0.05, 0) is 13.8 Å². The number of aliphatic hydroxyl groups is 1. The van der Waals surface area contributed by atoms with Gasteiger partial charge >= 0.3 is 6.09 Å². The summed E-state index contributed by atoms with van der Waals surface area (Å²) >= 11 is 0. The highest BCUT2D eigenvalue weighted by Gasteiger charge is 2.27. The van der Waals surface area contributed by atoms with E-state index in [1.165, 1.54) is 13.8 Å². The number of carbonyl (C=O) groups is 1. The molecule has 0 fully saturated rings. The average molecular weight is 225 g/mol. The fourth-order valence-corrected chi connectivity index (χ4v) is 2.68. The molecule has 0 rings (SSSR count). The highest BCUT2D eigenvalue weighted by molar-refractivity contribution is 7.91. The van der Waals surface area contributed by atoms with Crippen molar-refractivity contribution in [1.29, 1.82) is 0 Å². The Balaban J connectivity index is 4.42. The lowest BCUT2D eigenvalue weighted by Crippen LogP contribution is -2.48. The molecule has 0 saturated heterocycles. The number of aliphatic hydroxyl groups excluding tert-OH is 1. The number of hydrogen-bond donors (Lipinski definition) is 3. The molecule has 0 aromatic heterocycles. The predicted molar refractivity (Wildman–Crippen MR) is 51.0 cm³/mol. The van der Waals surface area contributed by atoms with E-state index in [2.05, 4.69) is 5.32 Å². The average Bonchev–Trinajstić information content (AvgIpc) is 1.78. The molecule has 0 aromatic carbocycles. The lowest BCUT2D eigenvalue weighted by atomic mass is 10.1. The Hall–Kier alpha value is -0.820. The van der Waals surface area contributed by atoms with Gasteiger partial charge in [0.05, 0.1) is 23.7 Å². The predicted octanol–water partition coefficient (Wildman–Crippen LogP) is -0.560. The van der Waals surface area contributed by atoms with E-state index in [1.54, 1.807) is 0 Å². The van der Waals surface area contributed by atoms with E-state index in [-0.39, 0.29) is 11.5 Å². The van der Waals surface area contributed by atoms with Gasteiger partial charge in [-0.2, -0.15) is 0 Å². The van der Waals surface area contributed by atoms with Gasteiger partial charge in [0.15, 0.2) is 9.84 Å². The van der Waals surface area contributed by atoms with Crippen molar-refractivity contribution in [2.75, 3.05) is 18.1 Å². The van der Waals surface area contributed by atoms with Gasteiger partial charge in [0.2, 0.25) is 0 Å². The van der Waals surface area contributed by atoms with Crippen LogP contribution in [0, 0.1) is 0 Å². The minimum Gasteiger partial charge on any atom is -0.465 e. The summed E-state index contributed by atoms with van der Waals surface area (Å²) in [5.41, 5.74) is -1.04. The topological polar surface area (TPSA) is 104 Å². The summed E-state index contributed by atoms with van der Waals surface area (Å²) in [6.07, 6.45) is -1.27. The van der Waals surface area contributed by atoms with Crippen LogP contribution in [-0.2, 0) is 9.84 Å². The Bertz CT molecular complexity index is 295. The number of amides is 1. The lowest BCUT2D eigenvalue weighted by Gasteiger charge is -2.23. The number of sulfone groups is 1. The van der Waals surface area contributed by atoms with Crippen LogP contribution >= 0.6 is 0 Å². The Kier molecular flexibility index (Phi) is 4.34. The van der Waals surface area contributed by atoms with Crippen molar-refractivity contribution in [1.82, 2.24) is 5.32 Å². The molecule has 0 atom stereocenters. The molecule has 0 unspecified atom stereocenters. The van der Waals surface area contributed by atoms with Gasteiger partial charge in [0, 0.05) is 0 Å². The molecule has 0 aromatic rings.